The van der Waals surface area contributed by atoms with Gasteiger partial charge in [0, 0.05) is 0 Å². The van der Waals surface area contributed by atoms with Gasteiger partial charge in [-0.3, -0.25) is 0 Å². The van der Waals surface area contributed by atoms with Gasteiger partial charge in [-0.1, -0.05) is 73.2 Å². The van der Waals surface area contributed by atoms with E-state index in [1.165, 1.54) is 69.4 Å². The van der Waals surface area contributed by atoms with Crippen molar-refractivity contribution in [3.63, 3.8) is 0 Å². The van der Waals surface area contributed by atoms with Crippen LogP contribution in [0.4, 0.5) is 0 Å². The molecule has 0 unspecified atom stereocenters. The standard InChI is InChI=1S/C32H36/c1-6-7-8-12-23(3)31-20-27(17-18-29(31)26-14-11-15-26)30-21-32(25(5)19-24(30)4)28-16-10-9-13-22(28)2/h6-8,10,12,16-21,26H,3,9,11,13-15H2,1-2,4-5H3/b7-6-,12-8-. The van der Waals surface area contributed by atoms with E-state index in [0.717, 1.165) is 18.4 Å². The van der Waals surface area contributed by atoms with Gasteiger partial charge in [0.1, 0.15) is 0 Å². The summed E-state index contributed by atoms with van der Waals surface area (Å²) in [6.07, 6.45) is 19.3. The van der Waals surface area contributed by atoms with E-state index in [0.29, 0.717) is 5.92 Å². The number of hydrogen-bond donors (Lipinski definition) is 0. The minimum atomic E-state index is 0.681. The summed E-state index contributed by atoms with van der Waals surface area (Å²) in [5, 5.41) is 0. The fourth-order valence-corrected chi connectivity index (χ4v) is 5.00. The van der Waals surface area contributed by atoms with Crippen molar-refractivity contribution >= 4 is 11.1 Å². The maximum Gasteiger partial charge on any atom is -0.0148 e. The van der Waals surface area contributed by atoms with Crippen molar-refractivity contribution in [2.45, 2.75) is 65.7 Å². The van der Waals surface area contributed by atoms with E-state index < -0.39 is 0 Å². The third kappa shape index (κ3) is 4.51. The Morgan fingerprint density at radius 1 is 0.969 bits per heavy atom. The lowest BCUT2D eigenvalue weighted by molar-refractivity contribution is 0.419. The molecule has 0 heterocycles. The van der Waals surface area contributed by atoms with Crippen LogP contribution in [0.3, 0.4) is 0 Å². The molecule has 0 bridgehead atoms. The van der Waals surface area contributed by atoms with E-state index in [2.05, 4.69) is 94.1 Å². The van der Waals surface area contributed by atoms with Crippen molar-refractivity contribution < 1.29 is 0 Å². The molecule has 0 atom stereocenters. The van der Waals surface area contributed by atoms with E-state index in [-0.39, 0.29) is 0 Å². The van der Waals surface area contributed by atoms with Crippen molar-refractivity contribution in [2.75, 3.05) is 0 Å². The summed E-state index contributed by atoms with van der Waals surface area (Å²) in [7, 11) is 0. The molecule has 2 aliphatic carbocycles. The predicted octanol–water partition coefficient (Wildman–Crippen LogP) is 9.51. The Balaban J connectivity index is 1.81. The van der Waals surface area contributed by atoms with E-state index in [4.69, 9.17) is 0 Å². The average Bonchev–Trinajstić information content (AvgIpc) is 2.74. The highest BCUT2D eigenvalue weighted by atomic mass is 14.3. The Morgan fingerprint density at radius 3 is 2.44 bits per heavy atom. The van der Waals surface area contributed by atoms with Crippen LogP contribution in [0, 0.1) is 13.8 Å². The minimum Gasteiger partial charge on any atom is -0.0911 e. The van der Waals surface area contributed by atoms with E-state index in [9.17, 15) is 0 Å². The monoisotopic (exact) mass is 420 g/mol. The quantitative estimate of drug-likeness (QED) is 0.408. The molecule has 0 heteroatoms. The summed E-state index contributed by atoms with van der Waals surface area (Å²) in [5.74, 6) is 0.681. The van der Waals surface area contributed by atoms with E-state index in [1.807, 2.05) is 6.92 Å². The molecule has 0 aliphatic heterocycles. The smallest absolute Gasteiger partial charge is 0.0148 e. The van der Waals surface area contributed by atoms with Crippen LogP contribution in [0.25, 0.3) is 22.3 Å². The normalized spacial score (nSPS) is 16.9. The Morgan fingerprint density at radius 2 is 1.75 bits per heavy atom. The Labute approximate surface area is 194 Å². The number of allylic oxidation sites excluding steroid dienone is 9. The Kier molecular flexibility index (Phi) is 6.80. The van der Waals surface area contributed by atoms with Gasteiger partial charge in [-0.15, -0.1) is 0 Å². The van der Waals surface area contributed by atoms with Crippen LogP contribution >= 0.6 is 0 Å². The second-order valence-corrected chi connectivity index (χ2v) is 9.46. The zero-order valence-electron chi connectivity index (χ0n) is 20.2. The molecule has 2 aromatic rings. The highest BCUT2D eigenvalue weighted by molar-refractivity contribution is 5.85. The summed E-state index contributed by atoms with van der Waals surface area (Å²) >= 11 is 0. The molecule has 2 aromatic carbocycles. The van der Waals surface area contributed by atoms with Crippen molar-refractivity contribution in [3.05, 3.63) is 107 Å². The number of hydrogen-bond acceptors (Lipinski definition) is 0. The van der Waals surface area contributed by atoms with Crippen molar-refractivity contribution in [2.24, 2.45) is 0 Å². The van der Waals surface area contributed by atoms with Gasteiger partial charge >= 0.3 is 0 Å². The molecule has 1 fully saturated rings. The summed E-state index contributed by atoms with van der Waals surface area (Å²) in [4.78, 5) is 0. The summed E-state index contributed by atoms with van der Waals surface area (Å²) < 4.78 is 0. The highest BCUT2D eigenvalue weighted by Crippen LogP contribution is 2.42. The molecule has 0 amide bonds. The van der Waals surface area contributed by atoms with Crippen LogP contribution in [0.5, 0.6) is 0 Å². The zero-order valence-corrected chi connectivity index (χ0v) is 20.2. The number of benzene rings is 2. The Bertz CT molecular complexity index is 1140. The van der Waals surface area contributed by atoms with Crippen LogP contribution in [0.1, 0.15) is 79.7 Å². The summed E-state index contributed by atoms with van der Waals surface area (Å²) in [6.45, 7) is 13.2. The lowest BCUT2D eigenvalue weighted by Crippen LogP contribution is -2.11. The molecular formula is C32H36. The molecule has 164 valence electrons. The van der Waals surface area contributed by atoms with Crippen LogP contribution in [0.2, 0.25) is 0 Å². The summed E-state index contributed by atoms with van der Waals surface area (Å²) in [5.41, 5.74) is 13.5. The fourth-order valence-electron chi connectivity index (χ4n) is 5.00. The average molecular weight is 421 g/mol. The predicted molar refractivity (Wildman–Crippen MR) is 142 cm³/mol. The van der Waals surface area contributed by atoms with Crippen molar-refractivity contribution in [1.82, 2.24) is 0 Å². The highest BCUT2D eigenvalue weighted by Gasteiger charge is 2.23. The van der Waals surface area contributed by atoms with Gasteiger partial charge < -0.3 is 0 Å². The molecule has 2 aliphatic rings. The first-order chi connectivity index (χ1) is 15.5. The lowest BCUT2D eigenvalue weighted by Gasteiger charge is -2.29. The second-order valence-electron chi connectivity index (χ2n) is 9.46. The largest absolute Gasteiger partial charge is 0.0911 e. The zero-order chi connectivity index (χ0) is 22.7. The van der Waals surface area contributed by atoms with Crippen molar-refractivity contribution in [3.8, 4) is 11.1 Å². The third-order valence-corrected chi connectivity index (χ3v) is 7.15. The molecule has 0 saturated heterocycles. The minimum absolute atomic E-state index is 0.681. The van der Waals surface area contributed by atoms with Crippen LogP contribution < -0.4 is 0 Å². The SMILES string of the molecule is C=C(/C=C\C=C/C)c1cc(-c2cc(C3=C(C)CCC=C3)c(C)cc2C)ccc1C1CCC1. The van der Waals surface area contributed by atoms with Gasteiger partial charge in [0.05, 0.1) is 0 Å². The van der Waals surface area contributed by atoms with E-state index in [1.54, 1.807) is 0 Å². The molecule has 0 N–H and O–H groups in total. The molecule has 32 heavy (non-hydrogen) atoms. The van der Waals surface area contributed by atoms with E-state index >= 15 is 0 Å². The van der Waals surface area contributed by atoms with Crippen LogP contribution in [-0.4, -0.2) is 0 Å². The molecule has 0 radical (unpaired) electrons. The second kappa shape index (κ2) is 9.74. The molecule has 0 spiro atoms. The topological polar surface area (TPSA) is 0 Å². The molecular weight excluding hydrogens is 384 g/mol. The van der Waals surface area contributed by atoms with Gasteiger partial charge in [-0.25, -0.2) is 0 Å². The van der Waals surface area contributed by atoms with Crippen molar-refractivity contribution in [1.29, 1.82) is 0 Å². The number of rotatable bonds is 6. The van der Waals surface area contributed by atoms with Gasteiger partial charge in [0.2, 0.25) is 0 Å². The van der Waals surface area contributed by atoms with Gasteiger partial charge in [0.15, 0.2) is 0 Å². The third-order valence-electron chi connectivity index (χ3n) is 7.15. The maximum atomic E-state index is 4.43. The Hall–Kier alpha value is -2.86. The van der Waals surface area contributed by atoms with Gasteiger partial charge in [-0.2, -0.15) is 0 Å². The summed E-state index contributed by atoms with van der Waals surface area (Å²) in [6, 6.07) is 11.9. The molecule has 0 nitrogen and oxygen atoms in total. The molecule has 4 rings (SSSR count). The molecule has 1 saturated carbocycles. The van der Waals surface area contributed by atoms with Gasteiger partial charge in [0.25, 0.3) is 0 Å². The van der Waals surface area contributed by atoms with Crippen LogP contribution in [0.15, 0.2) is 78.9 Å². The first-order valence-corrected chi connectivity index (χ1v) is 12.1. The maximum absolute atomic E-state index is 4.43. The van der Waals surface area contributed by atoms with Gasteiger partial charge in [-0.05, 0) is 122 Å². The first kappa shape index (κ1) is 22.3. The first-order valence-electron chi connectivity index (χ1n) is 12.1. The molecule has 0 aromatic heterocycles. The lowest BCUT2D eigenvalue weighted by atomic mass is 9.76. The number of aryl methyl sites for hydroxylation is 2. The fraction of sp³-hybridized carbons (Fsp3) is 0.312. The van der Waals surface area contributed by atoms with Crippen LogP contribution in [-0.2, 0) is 0 Å².